The number of rotatable bonds is 8. The first kappa shape index (κ1) is 24.4. The van der Waals surface area contributed by atoms with Crippen LogP contribution in [0.3, 0.4) is 0 Å². The SMILES string of the molecule is CCS(=O)(=O)Nc1ccc(C2=NN(S(=O)(=O)c3ccccc3)[C@H](c3cccc([N+](=O)[O-])c3)C2)cc1. The predicted molar refractivity (Wildman–Crippen MR) is 132 cm³/mol. The topological polar surface area (TPSA) is 139 Å². The molecule has 3 aromatic rings. The van der Waals surface area contributed by atoms with Gasteiger partial charge in [0.1, 0.15) is 0 Å². The number of hydrazone groups is 1. The molecule has 3 aromatic carbocycles. The maximum Gasteiger partial charge on any atom is 0.279 e. The predicted octanol–water partition coefficient (Wildman–Crippen LogP) is 3.90. The molecule has 0 aromatic heterocycles. The van der Waals surface area contributed by atoms with Crippen LogP contribution in [0.4, 0.5) is 11.4 Å². The van der Waals surface area contributed by atoms with Crippen LogP contribution < -0.4 is 4.72 Å². The first-order valence-electron chi connectivity index (χ1n) is 10.6. The Balaban J connectivity index is 1.74. The molecule has 0 bridgehead atoms. The van der Waals surface area contributed by atoms with Gasteiger partial charge >= 0.3 is 0 Å². The van der Waals surface area contributed by atoms with Crippen molar-refractivity contribution in [2.24, 2.45) is 5.10 Å². The molecule has 1 aliphatic heterocycles. The molecular weight excluding hydrogens is 492 g/mol. The van der Waals surface area contributed by atoms with Gasteiger partial charge in [-0.25, -0.2) is 8.42 Å². The summed E-state index contributed by atoms with van der Waals surface area (Å²) < 4.78 is 54.0. The van der Waals surface area contributed by atoms with Crippen LogP contribution >= 0.6 is 0 Å². The van der Waals surface area contributed by atoms with Crippen molar-refractivity contribution in [3.63, 3.8) is 0 Å². The van der Waals surface area contributed by atoms with Crippen LogP contribution in [0.2, 0.25) is 0 Å². The number of nitrogens with zero attached hydrogens (tertiary/aromatic N) is 3. The Labute approximate surface area is 203 Å². The van der Waals surface area contributed by atoms with E-state index < -0.39 is 31.0 Å². The van der Waals surface area contributed by atoms with Gasteiger partial charge in [0, 0.05) is 24.2 Å². The molecule has 1 atom stereocenters. The number of nitro groups is 1. The molecule has 0 saturated heterocycles. The Hall–Kier alpha value is -3.77. The number of hydrogen-bond acceptors (Lipinski definition) is 7. The van der Waals surface area contributed by atoms with Crippen LogP contribution in [0.5, 0.6) is 0 Å². The van der Waals surface area contributed by atoms with Crippen molar-refractivity contribution in [3.8, 4) is 0 Å². The van der Waals surface area contributed by atoms with Crippen LogP contribution in [-0.4, -0.2) is 37.6 Å². The highest BCUT2D eigenvalue weighted by molar-refractivity contribution is 7.92. The van der Waals surface area contributed by atoms with E-state index in [1.807, 2.05) is 0 Å². The molecule has 0 radical (unpaired) electrons. The van der Waals surface area contributed by atoms with Gasteiger partial charge in [-0.15, -0.1) is 0 Å². The molecule has 0 aliphatic carbocycles. The summed E-state index contributed by atoms with van der Waals surface area (Å²) in [5.74, 6) is -0.0708. The van der Waals surface area contributed by atoms with E-state index in [1.165, 1.54) is 37.3 Å². The van der Waals surface area contributed by atoms with Gasteiger partial charge in [-0.3, -0.25) is 14.8 Å². The molecule has 0 saturated carbocycles. The number of hydrogen-bond donors (Lipinski definition) is 1. The summed E-state index contributed by atoms with van der Waals surface area (Å²) in [7, 11) is -7.50. The van der Waals surface area contributed by atoms with Gasteiger partial charge < -0.3 is 0 Å². The number of nitro benzene ring substituents is 1. The minimum absolute atomic E-state index is 0.0461. The first-order chi connectivity index (χ1) is 16.6. The summed E-state index contributed by atoms with van der Waals surface area (Å²) >= 11 is 0. The molecule has 0 unspecified atom stereocenters. The highest BCUT2D eigenvalue weighted by atomic mass is 32.2. The fraction of sp³-hybridized carbons (Fsp3) is 0.174. The zero-order valence-electron chi connectivity index (χ0n) is 18.6. The van der Waals surface area contributed by atoms with E-state index >= 15 is 0 Å². The lowest BCUT2D eigenvalue weighted by atomic mass is 9.99. The number of anilines is 1. The van der Waals surface area contributed by atoms with E-state index in [0.29, 0.717) is 22.5 Å². The standard InChI is InChI=1S/C23H22N4O6S2/c1-2-34(30,31)25-19-13-11-17(12-14-19)22-16-23(18-7-6-8-20(15-18)27(28)29)26(24-22)35(32,33)21-9-4-3-5-10-21/h3-15,23,25H,2,16H2,1H3/t23-/m0/s1. The maximum atomic E-state index is 13.5. The summed E-state index contributed by atoms with van der Waals surface area (Å²) in [5, 5.41) is 15.7. The van der Waals surface area contributed by atoms with Crippen LogP contribution in [-0.2, 0) is 20.0 Å². The second-order valence-corrected chi connectivity index (χ2v) is 11.6. The van der Waals surface area contributed by atoms with E-state index in [-0.39, 0.29) is 22.8 Å². The van der Waals surface area contributed by atoms with Crippen molar-refractivity contribution in [3.05, 3.63) is 100 Å². The van der Waals surface area contributed by atoms with E-state index in [0.717, 1.165) is 4.41 Å². The molecule has 0 spiro atoms. The lowest BCUT2D eigenvalue weighted by molar-refractivity contribution is -0.384. The quantitative estimate of drug-likeness (QED) is 0.357. The third kappa shape index (κ3) is 5.17. The lowest BCUT2D eigenvalue weighted by Crippen LogP contribution is -2.27. The van der Waals surface area contributed by atoms with Crippen molar-refractivity contribution in [2.45, 2.75) is 24.3 Å². The van der Waals surface area contributed by atoms with Crippen LogP contribution in [0, 0.1) is 10.1 Å². The zero-order chi connectivity index (χ0) is 25.2. The molecule has 4 rings (SSSR count). The average molecular weight is 515 g/mol. The molecule has 35 heavy (non-hydrogen) atoms. The van der Waals surface area contributed by atoms with E-state index in [9.17, 15) is 26.9 Å². The minimum Gasteiger partial charge on any atom is -0.284 e. The molecule has 0 fully saturated rings. The van der Waals surface area contributed by atoms with Crippen LogP contribution in [0.1, 0.15) is 30.5 Å². The largest absolute Gasteiger partial charge is 0.284 e. The number of benzene rings is 3. The number of non-ortho nitro benzene ring substituents is 1. The molecule has 10 nitrogen and oxygen atoms in total. The highest BCUT2D eigenvalue weighted by Crippen LogP contribution is 2.38. The highest BCUT2D eigenvalue weighted by Gasteiger charge is 2.38. The fourth-order valence-corrected chi connectivity index (χ4v) is 5.76. The smallest absolute Gasteiger partial charge is 0.279 e. The van der Waals surface area contributed by atoms with Crippen molar-refractivity contribution in [1.82, 2.24) is 4.41 Å². The molecule has 1 heterocycles. The molecular formula is C23H22N4O6S2. The first-order valence-corrected chi connectivity index (χ1v) is 13.7. The fourth-order valence-electron chi connectivity index (χ4n) is 3.66. The van der Waals surface area contributed by atoms with Crippen molar-refractivity contribution in [2.75, 3.05) is 10.5 Å². The van der Waals surface area contributed by atoms with Crippen molar-refractivity contribution in [1.29, 1.82) is 0 Å². The van der Waals surface area contributed by atoms with Gasteiger partial charge in [-0.2, -0.15) is 17.9 Å². The van der Waals surface area contributed by atoms with E-state index in [2.05, 4.69) is 9.82 Å². The van der Waals surface area contributed by atoms with Crippen LogP contribution in [0.25, 0.3) is 0 Å². The van der Waals surface area contributed by atoms with Gasteiger partial charge in [0.15, 0.2) is 0 Å². The second kappa shape index (κ2) is 9.47. The third-order valence-corrected chi connectivity index (χ3v) is 8.50. The van der Waals surface area contributed by atoms with E-state index in [1.54, 1.807) is 48.5 Å². The normalized spacial score (nSPS) is 16.1. The van der Waals surface area contributed by atoms with E-state index in [4.69, 9.17) is 0 Å². The molecule has 182 valence electrons. The monoisotopic (exact) mass is 514 g/mol. The van der Waals surface area contributed by atoms with Gasteiger partial charge in [0.05, 0.1) is 27.3 Å². The summed E-state index contributed by atoms with van der Waals surface area (Å²) in [6, 6.07) is 19.3. The lowest BCUT2D eigenvalue weighted by Gasteiger charge is -2.23. The average Bonchev–Trinajstić information content (AvgIpc) is 3.31. The van der Waals surface area contributed by atoms with Crippen LogP contribution in [0.15, 0.2) is 88.9 Å². The minimum atomic E-state index is -4.06. The van der Waals surface area contributed by atoms with Gasteiger partial charge in [-0.1, -0.05) is 42.5 Å². The summed E-state index contributed by atoms with van der Waals surface area (Å²) in [4.78, 5) is 10.8. The van der Waals surface area contributed by atoms with Crippen molar-refractivity contribution >= 4 is 37.1 Å². The van der Waals surface area contributed by atoms with Gasteiger partial charge in [0.2, 0.25) is 10.0 Å². The number of sulfonamides is 2. The summed E-state index contributed by atoms with van der Waals surface area (Å²) in [6.07, 6.45) is 0.174. The third-order valence-electron chi connectivity index (χ3n) is 5.50. The van der Waals surface area contributed by atoms with Gasteiger partial charge in [0.25, 0.3) is 15.7 Å². The maximum absolute atomic E-state index is 13.5. The Morgan fingerprint density at radius 3 is 2.31 bits per heavy atom. The Bertz CT molecular complexity index is 1490. The summed E-state index contributed by atoms with van der Waals surface area (Å²) in [6.45, 7) is 1.53. The molecule has 12 heteroatoms. The number of nitrogens with one attached hydrogen (secondary N) is 1. The van der Waals surface area contributed by atoms with Crippen molar-refractivity contribution < 1.29 is 21.8 Å². The van der Waals surface area contributed by atoms with Gasteiger partial charge in [-0.05, 0) is 42.3 Å². The molecule has 0 amide bonds. The zero-order valence-corrected chi connectivity index (χ0v) is 20.2. The Morgan fingerprint density at radius 1 is 1.00 bits per heavy atom. The summed E-state index contributed by atoms with van der Waals surface area (Å²) in [5.41, 5.74) is 1.71. The Morgan fingerprint density at radius 2 is 1.69 bits per heavy atom. The Kier molecular flexibility index (Phi) is 6.59. The molecule has 1 N–H and O–H groups in total. The molecule has 1 aliphatic rings. The second-order valence-electron chi connectivity index (χ2n) is 7.79.